The van der Waals surface area contributed by atoms with Gasteiger partial charge in [-0.2, -0.15) is 0 Å². The molecule has 0 bridgehead atoms. The molecule has 4 heterocycles. The number of benzene rings is 2. The lowest BCUT2D eigenvalue weighted by Gasteiger charge is -2.35. The lowest BCUT2D eigenvalue weighted by Crippen LogP contribution is -2.55. The lowest BCUT2D eigenvalue weighted by molar-refractivity contribution is -0.161. The summed E-state index contributed by atoms with van der Waals surface area (Å²) in [5.74, 6) is -2.89. The summed E-state index contributed by atoms with van der Waals surface area (Å²) in [6.45, 7) is 2.32. The summed E-state index contributed by atoms with van der Waals surface area (Å²) in [5.41, 5.74) is -0.0933. The Hall–Kier alpha value is -4.48. The molecule has 2 fully saturated rings. The van der Waals surface area contributed by atoms with E-state index in [1.165, 1.54) is 0 Å². The van der Waals surface area contributed by atoms with Crippen LogP contribution in [-0.2, 0) is 28.7 Å². The highest BCUT2D eigenvalue weighted by atomic mass is 16.6. The molecule has 4 aliphatic heterocycles. The van der Waals surface area contributed by atoms with E-state index in [4.69, 9.17) is 14.2 Å². The van der Waals surface area contributed by atoms with Gasteiger partial charge in [0.1, 0.15) is 29.4 Å². The van der Waals surface area contributed by atoms with Crippen LogP contribution in [0.5, 0.6) is 5.75 Å². The van der Waals surface area contributed by atoms with Gasteiger partial charge in [-0.25, -0.2) is 0 Å². The van der Waals surface area contributed by atoms with Gasteiger partial charge in [0.15, 0.2) is 0 Å². The average molecular weight is 658 g/mol. The van der Waals surface area contributed by atoms with Gasteiger partial charge in [-0.3, -0.25) is 19.2 Å². The number of nitrogens with zero attached hydrogens (tertiary/aromatic N) is 2. The molecule has 6 rings (SSSR count). The van der Waals surface area contributed by atoms with Crippen LogP contribution >= 0.6 is 0 Å². The summed E-state index contributed by atoms with van der Waals surface area (Å²) >= 11 is 0. The van der Waals surface area contributed by atoms with Gasteiger partial charge in [-0.1, -0.05) is 54.6 Å². The summed E-state index contributed by atoms with van der Waals surface area (Å²) in [6, 6.07) is 14.8. The predicted octanol–water partition coefficient (Wildman–Crippen LogP) is 3.48. The van der Waals surface area contributed by atoms with Crippen molar-refractivity contribution >= 4 is 29.4 Å². The van der Waals surface area contributed by atoms with E-state index in [-0.39, 0.29) is 43.8 Å². The van der Waals surface area contributed by atoms with Gasteiger partial charge >= 0.3 is 5.97 Å². The topological polar surface area (TPSA) is 135 Å². The Bertz CT molecular complexity index is 1560. The maximum Gasteiger partial charge on any atom is 0.313 e. The number of likely N-dealkylation sites (tertiary alicyclic amines) is 1. The molecule has 0 aromatic heterocycles. The van der Waals surface area contributed by atoms with Gasteiger partial charge in [0, 0.05) is 31.8 Å². The molecular weight excluding hydrogens is 614 g/mol. The number of allylic oxidation sites excluding steroid dienone is 1. The maximum atomic E-state index is 14.7. The molecule has 11 nitrogen and oxygen atoms in total. The highest BCUT2D eigenvalue weighted by molar-refractivity contribution is 6.05. The molecule has 7 atom stereocenters. The van der Waals surface area contributed by atoms with Crippen molar-refractivity contribution in [1.82, 2.24) is 10.2 Å². The van der Waals surface area contributed by atoms with Gasteiger partial charge in [0.05, 0.1) is 25.2 Å². The van der Waals surface area contributed by atoms with Crippen LogP contribution in [0.2, 0.25) is 0 Å². The van der Waals surface area contributed by atoms with Crippen LogP contribution in [-0.4, -0.2) is 84.3 Å². The van der Waals surface area contributed by atoms with E-state index in [1.54, 1.807) is 66.3 Å². The summed E-state index contributed by atoms with van der Waals surface area (Å²) in [4.78, 5) is 59.7. The van der Waals surface area contributed by atoms with Crippen molar-refractivity contribution in [2.24, 2.45) is 11.8 Å². The normalized spacial score (nSPS) is 31.1. The molecule has 2 aromatic carbocycles. The number of carbonyl (C=O) groups excluding carboxylic acids is 4. The third-order valence-electron chi connectivity index (χ3n) is 9.79. The molecule has 254 valence electrons. The van der Waals surface area contributed by atoms with E-state index < -0.39 is 47.7 Å². The van der Waals surface area contributed by atoms with E-state index in [9.17, 15) is 24.3 Å². The van der Waals surface area contributed by atoms with Gasteiger partial charge in [0.2, 0.25) is 11.8 Å². The number of nitrogens with one attached hydrogen (secondary N) is 1. The first-order valence-electron chi connectivity index (χ1n) is 16.7. The molecule has 0 saturated carbocycles. The number of esters is 1. The quantitative estimate of drug-likeness (QED) is 0.251. The van der Waals surface area contributed by atoms with Gasteiger partial charge in [-0.15, -0.1) is 0 Å². The molecule has 0 radical (unpaired) electrons. The van der Waals surface area contributed by atoms with E-state index in [0.29, 0.717) is 42.7 Å². The minimum atomic E-state index is -1.44. The zero-order chi connectivity index (χ0) is 33.8. The Morgan fingerprint density at radius 2 is 1.75 bits per heavy atom. The van der Waals surface area contributed by atoms with E-state index in [1.807, 2.05) is 36.4 Å². The maximum absolute atomic E-state index is 14.7. The molecule has 2 N–H and O–H groups in total. The van der Waals surface area contributed by atoms with Crippen LogP contribution in [0.25, 0.3) is 0 Å². The number of anilines is 1. The Balaban J connectivity index is 1.41. The minimum absolute atomic E-state index is 0.0311. The fraction of sp³-hybridized carbons (Fsp3) is 0.459. The largest absolute Gasteiger partial charge is 0.497 e. The van der Waals surface area contributed by atoms with E-state index in [2.05, 4.69) is 5.32 Å². The number of cyclic esters (lactones) is 1. The van der Waals surface area contributed by atoms with Crippen LogP contribution < -0.4 is 15.0 Å². The zero-order valence-corrected chi connectivity index (χ0v) is 27.3. The van der Waals surface area contributed by atoms with Crippen molar-refractivity contribution in [2.75, 3.05) is 31.7 Å². The first kappa shape index (κ1) is 33.4. The fourth-order valence-electron chi connectivity index (χ4n) is 7.51. The fourth-order valence-corrected chi connectivity index (χ4v) is 7.51. The first-order chi connectivity index (χ1) is 23.3. The van der Waals surface area contributed by atoms with Crippen LogP contribution in [0, 0.1) is 11.8 Å². The summed E-state index contributed by atoms with van der Waals surface area (Å²) < 4.78 is 18.4. The second-order valence-corrected chi connectivity index (χ2v) is 12.8. The van der Waals surface area contributed by atoms with Crippen LogP contribution in [0.3, 0.4) is 0 Å². The number of hydrogen-bond acceptors (Lipinski definition) is 8. The van der Waals surface area contributed by atoms with Gasteiger partial charge in [0.25, 0.3) is 5.91 Å². The van der Waals surface area contributed by atoms with Gasteiger partial charge in [-0.05, 0) is 62.4 Å². The second-order valence-electron chi connectivity index (χ2n) is 12.8. The Kier molecular flexibility index (Phi) is 9.98. The number of fused-ring (bicyclic) bond motifs is 2. The monoisotopic (exact) mass is 657 g/mol. The number of amides is 3. The van der Waals surface area contributed by atoms with Crippen LogP contribution in [0.15, 0.2) is 78.9 Å². The van der Waals surface area contributed by atoms with Crippen molar-refractivity contribution in [3.8, 4) is 5.75 Å². The molecule has 3 amide bonds. The summed E-state index contributed by atoms with van der Waals surface area (Å²) in [7, 11) is 1.57. The van der Waals surface area contributed by atoms with Crippen LogP contribution in [0.1, 0.15) is 50.7 Å². The number of aliphatic hydroxyl groups excluding tert-OH is 1. The first-order valence-corrected chi connectivity index (χ1v) is 16.7. The predicted molar refractivity (Wildman–Crippen MR) is 177 cm³/mol. The number of ether oxygens (including phenoxy) is 3. The molecule has 0 aliphatic carbocycles. The molecule has 4 aliphatic rings. The number of hydrogen-bond donors (Lipinski definition) is 2. The summed E-state index contributed by atoms with van der Waals surface area (Å²) in [6.07, 6.45) is 7.89. The second kappa shape index (κ2) is 14.3. The lowest BCUT2D eigenvalue weighted by atomic mass is 9.77. The Morgan fingerprint density at radius 3 is 2.48 bits per heavy atom. The van der Waals surface area contributed by atoms with Crippen molar-refractivity contribution in [3.05, 3.63) is 84.5 Å². The summed E-state index contributed by atoms with van der Waals surface area (Å²) in [5, 5.41) is 12.3. The van der Waals surface area contributed by atoms with E-state index in [0.717, 1.165) is 0 Å². The zero-order valence-electron chi connectivity index (χ0n) is 27.3. The van der Waals surface area contributed by atoms with Crippen molar-refractivity contribution < 1.29 is 38.5 Å². The molecule has 2 saturated heterocycles. The molecule has 1 spiro atoms. The number of unbranched alkanes of at least 4 members (excludes halogenated alkanes) is 2. The van der Waals surface area contributed by atoms with Crippen molar-refractivity contribution in [2.45, 2.75) is 68.9 Å². The molecule has 0 unspecified atom stereocenters. The van der Waals surface area contributed by atoms with E-state index >= 15 is 0 Å². The highest BCUT2D eigenvalue weighted by Gasteiger charge is 2.71. The van der Waals surface area contributed by atoms with Gasteiger partial charge < -0.3 is 34.4 Å². The Morgan fingerprint density at radius 1 is 0.979 bits per heavy atom. The van der Waals surface area contributed by atoms with Crippen molar-refractivity contribution in [1.29, 1.82) is 0 Å². The Labute approximate surface area is 280 Å². The SMILES string of the molecule is COc1ccc(N2CC=C[C@@]34O[C@H]5/C=C\CCC(=O)N[C@@H](C)[C@H](c6ccccc6)OC(=O)[C@H]5[C@@H]3C(=O)N(CCCCCO)[C@H]4C2=O)cc1. The number of methoxy groups -OCH3 is 1. The average Bonchev–Trinajstić information content (AvgIpc) is 3.47. The number of rotatable bonds is 8. The standard InChI is InChI=1S/C37H43N3O8/c1-24-32(25-12-5-3-6-13-25)47-36(45)30-28(14-7-8-15-29(42)38-24)48-37-20-11-22-39(26-16-18-27(46-2)19-17-26)35(44)33(37)40(34(43)31(30)37)21-9-4-10-23-41/h3,5-7,11-14,16-20,24,28,30-33,41H,4,8-10,15,21-23H2,1-2H3,(H,38,42)/b14-7-/t24-,28-,30+,31+,32+,33-,37+/m0/s1. The smallest absolute Gasteiger partial charge is 0.313 e. The molecule has 48 heavy (non-hydrogen) atoms. The third kappa shape index (κ3) is 6.24. The number of carbonyl (C=O) groups is 4. The molecule has 2 aromatic rings. The van der Waals surface area contributed by atoms with Crippen LogP contribution in [0.4, 0.5) is 5.69 Å². The highest BCUT2D eigenvalue weighted by Crippen LogP contribution is 2.53. The molecular formula is C37H43N3O8. The number of aliphatic hydroxyl groups is 1. The molecule has 11 heteroatoms. The third-order valence-corrected chi connectivity index (χ3v) is 9.79. The minimum Gasteiger partial charge on any atom is -0.497 e. The van der Waals surface area contributed by atoms with Crippen molar-refractivity contribution in [3.63, 3.8) is 0 Å².